The van der Waals surface area contributed by atoms with Crippen molar-refractivity contribution >= 4 is 5.69 Å². The third-order valence-corrected chi connectivity index (χ3v) is 3.85. The summed E-state index contributed by atoms with van der Waals surface area (Å²) in [5.41, 5.74) is -0.750. The lowest BCUT2D eigenvalue weighted by Gasteiger charge is -2.33. The van der Waals surface area contributed by atoms with Crippen molar-refractivity contribution in [1.82, 2.24) is 4.98 Å². The van der Waals surface area contributed by atoms with Crippen LogP contribution in [0, 0.1) is 29.3 Å². The summed E-state index contributed by atoms with van der Waals surface area (Å²) in [5.74, 6) is -6.26. The minimum absolute atomic E-state index is 0.155. The summed E-state index contributed by atoms with van der Waals surface area (Å²) < 4.78 is 72.4. The van der Waals surface area contributed by atoms with Gasteiger partial charge >= 0.3 is 0 Å². The topological polar surface area (TPSA) is 25.4 Å². The third-order valence-electron chi connectivity index (χ3n) is 3.85. The fraction of sp³-hybridized carbons (Fsp3) is 0.312. The maximum Gasteiger partial charge on any atom is 0.253 e. The van der Waals surface area contributed by atoms with Crippen molar-refractivity contribution in [2.45, 2.75) is 18.9 Å². The molecule has 2 heterocycles. The third kappa shape index (κ3) is 3.27. The Morgan fingerprint density at radius 2 is 1.42 bits per heavy atom. The maximum absolute atomic E-state index is 13.8. The number of halogens is 5. The van der Waals surface area contributed by atoms with Crippen molar-refractivity contribution in [2.75, 3.05) is 18.0 Å². The van der Waals surface area contributed by atoms with Crippen LogP contribution in [0.15, 0.2) is 24.3 Å². The molecule has 8 heteroatoms. The van der Waals surface area contributed by atoms with Gasteiger partial charge in [-0.2, -0.15) is 22.5 Å². The van der Waals surface area contributed by atoms with E-state index >= 15 is 0 Å². The van der Waals surface area contributed by atoms with E-state index < -0.39 is 29.2 Å². The Hall–Kier alpha value is -2.38. The second-order valence-corrected chi connectivity index (χ2v) is 5.43. The van der Waals surface area contributed by atoms with Gasteiger partial charge in [0.2, 0.25) is 11.6 Å². The highest BCUT2D eigenvalue weighted by Gasteiger charge is 2.29. The monoisotopic (exact) mass is 344 g/mol. The summed E-state index contributed by atoms with van der Waals surface area (Å²) in [6, 6.07) is 5.48. The van der Waals surface area contributed by atoms with E-state index in [9.17, 15) is 22.0 Å². The van der Waals surface area contributed by atoms with Crippen molar-refractivity contribution in [3.05, 3.63) is 53.6 Å². The largest absolute Gasteiger partial charge is 0.490 e. The number of benzene rings is 1. The van der Waals surface area contributed by atoms with Crippen molar-refractivity contribution in [3.63, 3.8) is 0 Å². The summed E-state index contributed by atoms with van der Waals surface area (Å²) in [6.45, 7) is 0.311. The molecule has 0 unspecified atom stereocenters. The molecule has 3 rings (SSSR count). The maximum atomic E-state index is 13.8. The number of nitrogens with zero attached hydrogens (tertiary/aromatic N) is 2. The molecule has 0 aliphatic carbocycles. The molecule has 1 aromatic carbocycles. The lowest BCUT2D eigenvalue weighted by molar-refractivity contribution is 0.170. The molecule has 0 amide bonds. The standard InChI is InChI=1S/C16H13F5N2O/c17-9-1-3-10(4-2-9)24-11-5-7-23(8-6-11)14-12(18)15(20)22-16(21)13(14)19/h1-4,11H,5-8H2. The number of anilines is 1. The molecular formula is C16H13F5N2O. The molecule has 1 fully saturated rings. The highest BCUT2D eigenvalue weighted by atomic mass is 19.2. The van der Waals surface area contributed by atoms with Crippen LogP contribution in [-0.4, -0.2) is 24.2 Å². The Morgan fingerprint density at radius 3 is 1.96 bits per heavy atom. The first-order chi connectivity index (χ1) is 11.5. The summed E-state index contributed by atoms with van der Waals surface area (Å²) in [7, 11) is 0. The quantitative estimate of drug-likeness (QED) is 0.625. The molecule has 1 saturated heterocycles. The van der Waals surface area contributed by atoms with Gasteiger partial charge in [0, 0.05) is 25.9 Å². The van der Waals surface area contributed by atoms with E-state index in [-0.39, 0.29) is 25.0 Å². The van der Waals surface area contributed by atoms with Crippen LogP contribution in [0.1, 0.15) is 12.8 Å². The SMILES string of the molecule is Fc1ccc(OC2CCN(c3c(F)c(F)nc(F)c3F)CC2)cc1. The predicted octanol–water partition coefficient (Wildman–Crippen LogP) is 3.82. The normalized spacial score (nSPS) is 15.6. The predicted molar refractivity (Wildman–Crippen MR) is 76.3 cm³/mol. The zero-order valence-electron chi connectivity index (χ0n) is 12.4. The van der Waals surface area contributed by atoms with Gasteiger partial charge in [0.1, 0.15) is 23.4 Å². The van der Waals surface area contributed by atoms with Gasteiger partial charge in [-0.05, 0) is 24.3 Å². The van der Waals surface area contributed by atoms with Crippen LogP contribution < -0.4 is 9.64 Å². The molecule has 3 nitrogen and oxygen atoms in total. The number of hydrogen-bond acceptors (Lipinski definition) is 3. The Kier molecular flexibility index (Phi) is 4.55. The second-order valence-electron chi connectivity index (χ2n) is 5.43. The van der Waals surface area contributed by atoms with Gasteiger partial charge in [-0.25, -0.2) is 4.39 Å². The summed E-state index contributed by atoms with van der Waals surface area (Å²) >= 11 is 0. The molecule has 24 heavy (non-hydrogen) atoms. The molecule has 2 aromatic rings. The minimum atomic E-state index is -1.67. The van der Waals surface area contributed by atoms with Crippen molar-refractivity contribution < 1.29 is 26.7 Å². The van der Waals surface area contributed by atoms with Crippen molar-refractivity contribution in [1.29, 1.82) is 0 Å². The van der Waals surface area contributed by atoms with Crippen LogP contribution in [0.25, 0.3) is 0 Å². The van der Waals surface area contributed by atoms with Crippen molar-refractivity contribution in [2.24, 2.45) is 0 Å². The van der Waals surface area contributed by atoms with E-state index in [1.165, 1.54) is 29.2 Å². The number of aromatic nitrogens is 1. The molecule has 1 aliphatic heterocycles. The first-order valence-corrected chi connectivity index (χ1v) is 7.33. The van der Waals surface area contributed by atoms with Gasteiger partial charge in [0.05, 0.1) is 0 Å². The van der Waals surface area contributed by atoms with Crippen LogP contribution in [-0.2, 0) is 0 Å². The Labute approximate surface area is 134 Å². The summed E-state index contributed by atoms with van der Waals surface area (Å²) in [5, 5.41) is 0. The van der Waals surface area contributed by atoms with Gasteiger partial charge in [-0.3, -0.25) is 0 Å². The summed E-state index contributed by atoms with van der Waals surface area (Å²) in [6.07, 6.45) is 0.540. The van der Waals surface area contributed by atoms with Gasteiger partial charge in [-0.1, -0.05) is 0 Å². The Morgan fingerprint density at radius 1 is 0.875 bits per heavy atom. The van der Waals surface area contributed by atoms with E-state index in [2.05, 4.69) is 4.98 Å². The zero-order chi connectivity index (χ0) is 17.3. The molecule has 0 N–H and O–H groups in total. The van der Waals surface area contributed by atoms with Gasteiger partial charge in [-0.15, -0.1) is 0 Å². The van der Waals surface area contributed by atoms with Crippen LogP contribution >= 0.6 is 0 Å². The van der Waals surface area contributed by atoms with E-state index in [4.69, 9.17) is 4.74 Å². The molecule has 0 radical (unpaired) electrons. The molecular weight excluding hydrogens is 331 g/mol. The van der Waals surface area contributed by atoms with Crippen LogP contribution in [0.3, 0.4) is 0 Å². The molecule has 1 aromatic heterocycles. The molecule has 0 spiro atoms. The average Bonchev–Trinajstić information content (AvgIpc) is 2.57. The molecule has 0 atom stereocenters. The number of piperidine rings is 1. The fourth-order valence-electron chi connectivity index (χ4n) is 2.66. The number of hydrogen-bond donors (Lipinski definition) is 0. The average molecular weight is 344 g/mol. The van der Waals surface area contributed by atoms with Gasteiger partial charge < -0.3 is 9.64 Å². The number of ether oxygens (including phenoxy) is 1. The van der Waals surface area contributed by atoms with Crippen LogP contribution in [0.5, 0.6) is 5.75 Å². The smallest absolute Gasteiger partial charge is 0.253 e. The van der Waals surface area contributed by atoms with Crippen LogP contribution in [0.2, 0.25) is 0 Å². The van der Waals surface area contributed by atoms with E-state index in [1.807, 2.05) is 0 Å². The Bertz CT molecular complexity index is 704. The fourth-order valence-corrected chi connectivity index (χ4v) is 2.66. The lowest BCUT2D eigenvalue weighted by Crippen LogP contribution is -2.39. The number of rotatable bonds is 3. The Balaban J connectivity index is 1.68. The lowest BCUT2D eigenvalue weighted by atomic mass is 10.1. The van der Waals surface area contributed by atoms with Crippen LogP contribution in [0.4, 0.5) is 27.6 Å². The van der Waals surface area contributed by atoms with E-state index in [1.54, 1.807) is 0 Å². The second kappa shape index (κ2) is 6.62. The van der Waals surface area contributed by atoms with Crippen molar-refractivity contribution in [3.8, 4) is 5.75 Å². The highest BCUT2D eigenvalue weighted by Crippen LogP contribution is 2.29. The van der Waals surface area contributed by atoms with E-state index in [0.717, 1.165) is 0 Å². The molecule has 0 bridgehead atoms. The zero-order valence-corrected chi connectivity index (χ0v) is 12.4. The first kappa shape index (κ1) is 16.5. The molecule has 0 saturated carbocycles. The van der Waals surface area contributed by atoms with E-state index in [0.29, 0.717) is 18.6 Å². The molecule has 1 aliphatic rings. The molecule has 128 valence electrons. The van der Waals surface area contributed by atoms with Gasteiger partial charge in [0.15, 0.2) is 0 Å². The highest BCUT2D eigenvalue weighted by molar-refractivity contribution is 5.49. The minimum Gasteiger partial charge on any atom is -0.490 e. The first-order valence-electron chi connectivity index (χ1n) is 7.33. The number of pyridine rings is 1. The van der Waals surface area contributed by atoms with Gasteiger partial charge in [0.25, 0.3) is 11.9 Å². The summed E-state index contributed by atoms with van der Waals surface area (Å²) in [4.78, 5) is 3.77.